The van der Waals surface area contributed by atoms with Crippen molar-refractivity contribution in [3.8, 4) is 6.07 Å². The third kappa shape index (κ3) is 3.27. The maximum atomic E-state index is 12.7. The topological polar surface area (TPSA) is 65.2 Å². The smallest absolute Gasteiger partial charge is 0.223 e. The van der Waals surface area contributed by atoms with Crippen LogP contribution in [0.5, 0.6) is 0 Å². The molecule has 0 aliphatic rings. The Hall–Kier alpha value is -3.00. The Morgan fingerprint density at radius 3 is 2.35 bits per heavy atom. The third-order valence-electron chi connectivity index (χ3n) is 2.50. The highest BCUT2D eigenvalue weighted by atomic mass is 19.1. The molecule has 0 atom stereocenters. The summed E-state index contributed by atoms with van der Waals surface area (Å²) in [6.07, 6.45) is 0. The van der Waals surface area contributed by atoms with Crippen molar-refractivity contribution < 1.29 is 9.18 Å². The van der Waals surface area contributed by atoms with E-state index in [-0.39, 0.29) is 11.5 Å². The number of carbonyl (C=O) groups is 1. The fraction of sp³-hybridized carbons (Fsp3) is 0. The maximum Gasteiger partial charge on any atom is 0.223 e. The van der Waals surface area contributed by atoms with Crippen molar-refractivity contribution in [1.29, 1.82) is 5.26 Å². The van der Waals surface area contributed by atoms with Crippen molar-refractivity contribution >= 4 is 17.2 Å². The van der Waals surface area contributed by atoms with Gasteiger partial charge in [-0.3, -0.25) is 10.2 Å². The highest BCUT2D eigenvalue weighted by Gasteiger charge is 2.13. The fourth-order valence-corrected chi connectivity index (χ4v) is 1.50. The molecule has 2 rings (SSSR count). The average Bonchev–Trinajstić information content (AvgIpc) is 2.50. The normalized spacial score (nSPS) is 10.7. The third-order valence-corrected chi connectivity index (χ3v) is 2.50. The number of hydrogen-bond acceptors (Lipinski definition) is 4. The molecule has 0 aliphatic heterocycles. The predicted molar refractivity (Wildman–Crippen MR) is 73.8 cm³/mol. The van der Waals surface area contributed by atoms with E-state index in [1.807, 2.05) is 0 Å². The molecular weight excluding hydrogens is 257 g/mol. The van der Waals surface area contributed by atoms with Gasteiger partial charge in [0.05, 0.1) is 5.69 Å². The van der Waals surface area contributed by atoms with Crippen LogP contribution in [0.25, 0.3) is 0 Å². The van der Waals surface area contributed by atoms with Crippen LogP contribution in [0.3, 0.4) is 0 Å². The second-order valence-electron chi connectivity index (χ2n) is 3.89. The summed E-state index contributed by atoms with van der Waals surface area (Å²) in [4.78, 5) is 12.0. The molecular formula is C15H10FN3O. The van der Waals surface area contributed by atoms with Crippen LogP contribution in [0.1, 0.15) is 10.4 Å². The number of nitrogens with one attached hydrogen (secondary N) is 1. The molecule has 0 amide bonds. The van der Waals surface area contributed by atoms with Crippen molar-refractivity contribution in [2.24, 2.45) is 5.10 Å². The monoisotopic (exact) mass is 267 g/mol. The second kappa shape index (κ2) is 6.25. The number of ketones is 1. The van der Waals surface area contributed by atoms with E-state index >= 15 is 0 Å². The molecule has 0 radical (unpaired) electrons. The van der Waals surface area contributed by atoms with E-state index in [9.17, 15) is 9.18 Å². The number of hydrazone groups is 1. The molecule has 2 aromatic carbocycles. The molecule has 0 unspecified atom stereocenters. The molecule has 0 aliphatic carbocycles. The standard InChI is InChI=1S/C15H10FN3O/c16-12-6-8-13(9-7-12)18-19-14(10-17)15(20)11-4-2-1-3-5-11/h1-9,18H/b19-14-. The Morgan fingerprint density at radius 1 is 1.10 bits per heavy atom. The molecule has 20 heavy (non-hydrogen) atoms. The highest BCUT2D eigenvalue weighted by Crippen LogP contribution is 2.08. The van der Waals surface area contributed by atoms with Gasteiger partial charge in [-0.1, -0.05) is 30.3 Å². The molecule has 98 valence electrons. The van der Waals surface area contributed by atoms with E-state index < -0.39 is 5.78 Å². The zero-order valence-corrected chi connectivity index (χ0v) is 10.4. The lowest BCUT2D eigenvalue weighted by Gasteiger charge is -2.01. The molecule has 0 bridgehead atoms. The minimum Gasteiger partial charge on any atom is -0.286 e. The zero-order valence-electron chi connectivity index (χ0n) is 10.4. The van der Waals surface area contributed by atoms with Crippen molar-refractivity contribution in [2.45, 2.75) is 0 Å². The van der Waals surface area contributed by atoms with Crippen molar-refractivity contribution in [2.75, 3.05) is 5.43 Å². The molecule has 0 saturated heterocycles. The molecule has 0 saturated carbocycles. The number of nitrogens with zero attached hydrogens (tertiary/aromatic N) is 2. The van der Waals surface area contributed by atoms with E-state index in [0.29, 0.717) is 11.3 Å². The Kier molecular flexibility index (Phi) is 4.20. The first-order valence-electron chi connectivity index (χ1n) is 5.80. The molecule has 0 aromatic heterocycles. The molecule has 1 N–H and O–H groups in total. The van der Waals surface area contributed by atoms with Gasteiger partial charge in [0.15, 0.2) is 0 Å². The first-order valence-corrected chi connectivity index (χ1v) is 5.80. The summed E-state index contributed by atoms with van der Waals surface area (Å²) < 4.78 is 12.7. The van der Waals surface area contributed by atoms with Crippen LogP contribution in [0.2, 0.25) is 0 Å². The van der Waals surface area contributed by atoms with E-state index in [1.165, 1.54) is 24.3 Å². The van der Waals surface area contributed by atoms with Gasteiger partial charge in [-0.05, 0) is 24.3 Å². The van der Waals surface area contributed by atoms with Crippen LogP contribution in [-0.4, -0.2) is 11.5 Å². The van der Waals surface area contributed by atoms with Gasteiger partial charge < -0.3 is 0 Å². The number of rotatable bonds is 4. The van der Waals surface area contributed by atoms with Crippen LogP contribution in [0.4, 0.5) is 10.1 Å². The Morgan fingerprint density at radius 2 is 1.75 bits per heavy atom. The number of nitriles is 1. The van der Waals surface area contributed by atoms with Gasteiger partial charge in [0.2, 0.25) is 11.5 Å². The summed E-state index contributed by atoms with van der Waals surface area (Å²) in [5.74, 6) is -0.844. The quantitative estimate of drug-likeness (QED) is 0.526. The summed E-state index contributed by atoms with van der Waals surface area (Å²) in [5, 5.41) is 12.7. The SMILES string of the molecule is N#C/C(=N/Nc1ccc(F)cc1)C(=O)c1ccccc1. The first-order chi connectivity index (χ1) is 9.70. The Bertz CT molecular complexity index is 673. The van der Waals surface area contributed by atoms with Crippen LogP contribution < -0.4 is 5.43 Å². The van der Waals surface area contributed by atoms with Crippen molar-refractivity contribution in [3.05, 3.63) is 66.0 Å². The largest absolute Gasteiger partial charge is 0.286 e. The minimum absolute atomic E-state index is 0.263. The maximum absolute atomic E-state index is 12.7. The van der Waals surface area contributed by atoms with E-state index in [2.05, 4.69) is 10.5 Å². The zero-order chi connectivity index (χ0) is 14.4. The number of hydrogen-bond donors (Lipinski definition) is 1. The Balaban J connectivity index is 2.16. The lowest BCUT2D eigenvalue weighted by atomic mass is 10.1. The van der Waals surface area contributed by atoms with E-state index in [0.717, 1.165) is 0 Å². The average molecular weight is 267 g/mol. The lowest BCUT2D eigenvalue weighted by molar-refractivity contribution is 0.106. The number of anilines is 1. The van der Waals surface area contributed by atoms with Crippen LogP contribution in [-0.2, 0) is 0 Å². The van der Waals surface area contributed by atoms with Gasteiger partial charge in [0.25, 0.3) is 0 Å². The molecule has 2 aromatic rings. The van der Waals surface area contributed by atoms with E-state index in [4.69, 9.17) is 5.26 Å². The lowest BCUT2D eigenvalue weighted by Crippen LogP contribution is -2.14. The van der Waals surface area contributed by atoms with Crippen LogP contribution >= 0.6 is 0 Å². The van der Waals surface area contributed by atoms with Gasteiger partial charge >= 0.3 is 0 Å². The summed E-state index contributed by atoms with van der Waals surface area (Å²) in [6, 6.07) is 15.6. The highest BCUT2D eigenvalue weighted by molar-refractivity contribution is 6.51. The van der Waals surface area contributed by atoms with Crippen LogP contribution in [0, 0.1) is 17.1 Å². The summed E-state index contributed by atoms with van der Waals surface area (Å²) in [7, 11) is 0. The molecule has 5 heteroatoms. The van der Waals surface area contributed by atoms with Gasteiger partial charge in [-0.25, -0.2) is 4.39 Å². The van der Waals surface area contributed by atoms with Crippen molar-refractivity contribution in [1.82, 2.24) is 0 Å². The number of halogens is 1. The number of Topliss-reactive ketones (excluding diaryl/α,β-unsaturated/α-hetero) is 1. The summed E-state index contributed by atoms with van der Waals surface area (Å²) in [6.45, 7) is 0. The number of benzene rings is 2. The molecule has 0 spiro atoms. The molecule has 0 fully saturated rings. The predicted octanol–water partition coefficient (Wildman–Crippen LogP) is 3.00. The van der Waals surface area contributed by atoms with E-state index in [1.54, 1.807) is 36.4 Å². The van der Waals surface area contributed by atoms with Gasteiger partial charge in [-0.15, -0.1) is 0 Å². The second-order valence-corrected chi connectivity index (χ2v) is 3.89. The summed E-state index contributed by atoms with van der Waals surface area (Å²) >= 11 is 0. The van der Waals surface area contributed by atoms with Gasteiger partial charge in [-0.2, -0.15) is 10.4 Å². The first kappa shape index (κ1) is 13.4. The molecule has 4 nitrogen and oxygen atoms in total. The summed E-state index contributed by atoms with van der Waals surface area (Å²) in [5.41, 5.74) is 3.16. The Labute approximate surface area is 115 Å². The molecule has 0 heterocycles. The van der Waals surface area contributed by atoms with Crippen LogP contribution in [0.15, 0.2) is 59.7 Å². The minimum atomic E-state index is -0.470. The van der Waals surface area contributed by atoms with Gasteiger partial charge in [0, 0.05) is 5.56 Å². The fourth-order valence-electron chi connectivity index (χ4n) is 1.50. The number of carbonyl (C=O) groups excluding carboxylic acids is 1. The van der Waals surface area contributed by atoms with Gasteiger partial charge in [0.1, 0.15) is 11.9 Å². The van der Waals surface area contributed by atoms with Crippen molar-refractivity contribution in [3.63, 3.8) is 0 Å².